The number of sulfonamides is 1. The van der Waals surface area contributed by atoms with Crippen LogP contribution in [0.5, 0.6) is 5.75 Å². The predicted molar refractivity (Wildman–Crippen MR) is 109 cm³/mol. The lowest BCUT2D eigenvalue weighted by Gasteiger charge is -2.09. The lowest BCUT2D eigenvalue weighted by molar-refractivity contribution is 0.102. The Morgan fingerprint density at radius 1 is 1.00 bits per heavy atom. The third kappa shape index (κ3) is 5.52. The van der Waals surface area contributed by atoms with Gasteiger partial charge in [0.2, 0.25) is 5.95 Å². The first-order chi connectivity index (χ1) is 14.0. The second-order valence-corrected chi connectivity index (χ2v) is 7.71. The second-order valence-electron chi connectivity index (χ2n) is 6.03. The zero-order valence-electron chi connectivity index (χ0n) is 15.7. The Hall–Kier alpha value is -3.46. The molecule has 0 saturated heterocycles. The molecule has 9 heteroatoms. The minimum absolute atomic E-state index is 0.0174. The second kappa shape index (κ2) is 9.16. The van der Waals surface area contributed by atoms with E-state index in [0.717, 1.165) is 6.42 Å². The van der Waals surface area contributed by atoms with E-state index in [1.807, 2.05) is 6.92 Å². The van der Waals surface area contributed by atoms with Crippen molar-refractivity contribution in [3.05, 3.63) is 72.6 Å². The van der Waals surface area contributed by atoms with Gasteiger partial charge in [0, 0.05) is 23.6 Å². The molecule has 3 aromatic rings. The molecule has 0 spiro atoms. The molecule has 0 bridgehead atoms. The maximum absolute atomic E-state index is 12.4. The highest BCUT2D eigenvalue weighted by Crippen LogP contribution is 2.18. The number of ether oxygens (including phenoxy) is 1. The number of hydrogen-bond acceptors (Lipinski definition) is 6. The Labute approximate surface area is 169 Å². The smallest absolute Gasteiger partial charge is 0.264 e. The van der Waals surface area contributed by atoms with E-state index in [1.165, 1.54) is 36.7 Å². The number of amides is 1. The van der Waals surface area contributed by atoms with E-state index in [9.17, 15) is 13.2 Å². The molecular formula is C20H20N4O4S. The van der Waals surface area contributed by atoms with Gasteiger partial charge in [-0.25, -0.2) is 23.1 Å². The van der Waals surface area contributed by atoms with Crippen LogP contribution < -0.4 is 14.8 Å². The molecule has 0 aliphatic rings. The van der Waals surface area contributed by atoms with E-state index >= 15 is 0 Å². The molecule has 0 atom stereocenters. The fourth-order valence-corrected chi connectivity index (χ4v) is 3.33. The van der Waals surface area contributed by atoms with Crippen molar-refractivity contribution in [3.63, 3.8) is 0 Å². The first kappa shape index (κ1) is 20.3. The topological polar surface area (TPSA) is 110 Å². The Morgan fingerprint density at radius 2 is 1.66 bits per heavy atom. The Bertz CT molecular complexity index is 1050. The standard InChI is InChI=1S/C20H20N4O4S/c1-2-14-28-17-8-4-15(5-9-17)19(25)23-16-6-10-18(11-7-16)29(26,27)24-20-21-12-3-13-22-20/h3-13H,2,14H2,1H3,(H,23,25)(H,21,22,24). The number of benzene rings is 2. The van der Waals surface area contributed by atoms with Crippen molar-refractivity contribution in [2.75, 3.05) is 16.6 Å². The summed E-state index contributed by atoms with van der Waals surface area (Å²) in [4.78, 5) is 20.1. The van der Waals surface area contributed by atoms with E-state index in [1.54, 1.807) is 30.3 Å². The first-order valence-electron chi connectivity index (χ1n) is 8.92. The van der Waals surface area contributed by atoms with Crippen LogP contribution >= 0.6 is 0 Å². The van der Waals surface area contributed by atoms with Crippen molar-refractivity contribution < 1.29 is 17.9 Å². The maximum atomic E-state index is 12.4. The van der Waals surface area contributed by atoms with Crippen molar-refractivity contribution in [2.45, 2.75) is 18.2 Å². The fourth-order valence-electron chi connectivity index (χ4n) is 2.37. The van der Waals surface area contributed by atoms with Gasteiger partial charge >= 0.3 is 0 Å². The van der Waals surface area contributed by atoms with Gasteiger partial charge < -0.3 is 10.1 Å². The summed E-state index contributed by atoms with van der Waals surface area (Å²) < 4.78 is 32.5. The molecule has 0 aliphatic carbocycles. The molecule has 1 aromatic heterocycles. The van der Waals surface area contributed by atoms with E-state index in [4.69, 9.17) is 4.74 Å². The van der Waals surface area contributed by atoms with Crippen LogP contribution in [0.3, 0.4) is 0 Å². The SMILES string of the molecule is CCCOc1ccc(C(=O)Nc2ccc(S(=O)(=O)Nc3ncccn3)cc2)cc1. The third-order valence-electron chi connectivity index (χ3n) is 3.80. The molecule has 3 rings (SSSR count). The predicted octanol–water partition coefficient (Wildman–Crippen LogP) is 3.32. The average Bonchev–Trinajstić information content (AvgIpc) is 2.73. The van der Waals surface area contributed by atoms with E-state index < -0.39 is 10.0 Å². The van der Waals surface area contributed by atoms with Crippen LogP contribution in [0.2, 0.25) is 0 Å². The third-order valence-corrected chi connectivity index (χ3v) is 5.15. The molecule has 8 nitrogen and oxygen atoms in total. The van der Waals surface area contributed by atoms with Gasteiger partial charge in [-0.05, 0) is 61.0 Å². The number of carbonyl (C=O) groups excluding carboxylic acids is 1. The van der Waals surface area contributed by atoms with Crippen LogP contribution in [0, 0.1) is 0 Å². The van der Waals surface area contributed by atoms with Gasteiger partial charge in [-0.2, -0.15) is 0 Å². The van der Waals surface area contributed by atoms with Crippen LogP contribution in [0.1, 0.15) is 23.7 Å². The molecule has 29 heavy (non-hydrogen) atoms. The van der Waals surface area contributed by atoms with Gasteiger partial charge in [-0.15, -0.1) is 0 Å². The van der Waals surface area contributed by atoms with Gasteiger partial charge in [-0.1, -0.05) is 6.92 Å². The largest absolute Gasteiger partial charge is 0.494 e. The normalized spacial score (nSPS) is 10.9. The van der Waals surface area contributed by atoms with E-state index in [-0.39, 0.29) is 16.8 Å². The monoisotopic (exact) mass is 412 g/mol. The van der Waals surface area contributed by atoms with Gasteiger partial charge in [0.25, 0.3) is 15.9 Å². The molecular weight excluding hydrogens is 392 g/mol. The summed E-state index contributed by atoms with van der Waals surface area (Å²) in [5.74, 6) is 0.377. The number of rotatable bonds is 8. The average molecular weight is 412 g/mol. The number of nitrogens with one attached hydrogen (secondary N) is 2. The maximum Gasteiger partial charge on any atom is 0.264 e. The Morgan fingerprint density at radius 3 is 2.28 bits per heavy atom. The number of carbonyl (C=O) groups is 1. The van der Waals surface area contributed by atoms with Crippen LogP contribution in [-0.2, 0) is 10.0 Å². The summed E-state index contributed by atoms with van der Waals surface area (Å²) in [5.41, 5.74) is 0.935. The zero-order valence-corrected chi connectivity index (χ0v) is 16.5. The van der Waals surface area contributed by atoms with Crippen LogP contribution in [0.25, 0.3) is 0 Å². The molecule has 2 N–H and O–H groups in total. The van der Waals surface area contributed by atoms with Gasteiger partial charge in [0.05, 0.1) is 11.5 Å². The summed E-state index contributed by atoms with van der Waals surface area (Å²) in [7, 11) is -3.82. The molecule has 0 saturated carbocycles. The number of hydrogen-bond donors (Lipinski definition) is 2. The summed E-state index contributed by atoms with van der Waals surface area (Å²) in [5, 5.41) is 2.73. The highest BCUT2D eigenvalue weighted by molar-refractivity contribution is 7.92. The minimum Gasteiger partial charge on any atom is -0.494 e. The summed E-state index contributed by atoms with van der Waals surface area (Å²) in [6.45, 7) is 2.63. The van der Waals surface area contributed by atoms with Crippen LogP contribution in [-0.4, -0.2) is 30.9 Å². The van der Waals surface area contributed by atoms with Crippen molar-refractivity contribution in [3.8, 4) is 5.75 Å². The zero-order chi connectivity index (χ0) is 20.7. The molecule has 1 amide bonds. The highest BCUT2D eigenvalue weighted by Gasteiger charge is 2.15. The summed E-state index contributed by atoms with van der Waals surface area (Å²) >= 11 is 0. The van der Waals surface area contributed by atoms with E-state index in [0.29, 0.717) is 23.6 Å². The molecule has 0 aliphatic heterocycles. The fraction of sp³-hybridized carbons (Fsp3) is 0.150. The van der Waals surface area contributed by atoms with Gasteiger partial charge in [-0.3, -0.25) is 4.79 Å². The van der Waals surface area contributed by atoms with Crippen LogP contribution in [0.15, 0.2) is 71.9 Å². The Kier molecular flexibility index (Phi) is 6.40. The molecule has 0 unspecified atom stereocenters. The summed E-state index contributed by atoms with van der Waals surface area (Å²) in [6.07, 6.45) is 3.78. The molecule has 0 fully saturated rings. The lowest BCUT2D eigenvalue weighted by Crippen LogP contribution is -2.15. The van der Waals surface area contributed by atoms with Gasteiger partial charge in [0.15, 0.2) is 0 Å². The summed E-state index contributed by atoms with van der Waals surface area (Å²) in [6, 6.07) is 14.2. The van der Waals surface area contributed by atoms with Crippen LogP contribution in [0.4, 0.5) is 11.6 Å². The number of anilines is 2. The molecule has 150 valence electrons. The number of nitrogens with zero attached hydrogens (tertiary/aromatic N) is 2. The van der Waals surface area contributed by atoms with Gasteiger partial charge in [0.1, 0.15) is 5.75 Å². The molecule has 2 aromatic carbocycles. The Balaban J connectivity index is 1.64. The first-order valence-corrected chi connectivity index (χ1v) is 10.4. The van der Waals surface area contributed by atoms with Crippen molar-refractivity contribution in [2.24, 2.45) is 0 Å². The van der Waals surface area contributed by atoms with Crippen molar-refractivity contribution in [1.29, 1.82) is 0 Å². The quantitative estimate of drug-likeness (QED) is 0.587. The highest BCUT2D eigenvalue weighted by atomic mass is 32.2. The van der Waals surface area contributed by atoms with E-state index in [2.05, 4.69) is 20.0 Å². The molecule has 1 heterocycles. The van der Waals surface area contributed by atoms with Crippen molar-refractivity contribution >= 4 is 27.6 Å². The number of aromatic nitrogens is 2. The van der Waals surface area contributed by atoms with Crippen molar-refractivity contribution in [1.82, 2.24) is 9.97 Å². The lowest BCUT2D eigenvalue weighted by atomic mass is 10.2. The molecule has 0 radical (unpaired) electrons. The minimum atomic E-state index is -3.82.